The van der Waals surface area contributed by atoms with Gasteiger partial charge >= 0.3 is 11.8 Å². The fourth-order valence-corrected chi connectivity index (χ4v) is 1.81. The Bertz CT molecular complexity index is 797. The number of nitro groups is 1. The van der Waals surface area contributed by atoms with E-state index in [4.69, 9.17) is 11.6 Å². The summed E-state index contributed by atoms with van der Waals surface area (Å²) >= 11 is 5.81. The second-order valence-corrected chi connectivity index (χ2v) is 4.72. The molecule has 7 nitrogen and oxygen atoms in total. The van der Waals surface area contributed by atoms with Crippen LogP contribution in [0.2, 0.25) is 5.02 Å². The Kier molecular flexibility index (Phi) is 4.87. The number of anilines is 2. The fraction of sp³-hybridized carbons (Fsp3) is 0. The molecule has 118 valence electrons. The van der Waals surface area contributed by atoms with Crippen molar-refractivity contribution in [1.82, 2.24) is 0 Å². The number of rotatable bonds is 3. The van der Waals surface area contributed by atoms with Crippen LogP contribution in [-0.4, -0.2) is 16.7 Å². The summed E-state index contributed by atoms with van der Waals surface area (Å²) in [6.45, 7) is 0. The summed E-state index contributed by atoms with van der Waals surface area (Å²) < 4.78 is 13.4. The summed E-state index contributed by atoms with van der Waals surface area (Å²) in [5, 5.41) is 14.9. The van der Waals surface area contributed by atoms with Gasteiger partial charge in [-0.15, -0.1) is 0 Å². The number of amides is 2. The zero-order valence-corrected chi connectivity index (χ0v) is 12.1. The largest absolute Gasteiger partial charge is 0.316 e. The highest BCUT2D eigenvalue weighted by molar-refractivity contribution is 6.44. The summed E-state index contributed by atoms with van der Waals surface area (Å²) in [7, 11) is 0. The summed E-state index contributed by atoms with van der Waals surface area (Å²) in [4.78, 5) is 33.5. The van der Waals surface area contributed by atoms with Crippen molar-refractivity contribution in [3.63, 3.8) is 0 Å². The Labute approximate surface area is 134 Å². The van der Waals surface area contributed by atoms with E-state index in [9.17, 15) is 24.1 Å². The SMILES string of the molecule is O=C(Nc1ccccc1F)C(=O)Nc1cc([N+](=O)[O-])ccc1Cl. The first-order chi connectivity index (χ1) is 10.9. The molecule has 2 aromatic rings. The maximum absolute atomic E-state index is 13.4. The van der Waals surface area contributed by atoms with Crippen molar-refractivity contribution in [2.24, 2.45) is 0 Å². The molecule has 0 aliphatic heterocycles. The predicted octanol–water partition coefficient (Wildman–Crippen LogP) is 2.96. The highest BCUT2D eigenvalue weighted by Gasteiger charge is 2.18. The van der Waals surface area contributed by atoms with Crippen molar-refractivity contribution in [3.8, 4) is 0 Å². The van der Waals surface area contributed by atoms with Crippen LogP contribution in [0.25, 0.3) is 0 Å². The number of nitrogens with zero attached hydrogens (tertiary/aromatic N) is 1. The second kappa shape index (κ2) is 6.84. The number of carbonyl (C=O) groups excluding carboxylic acids is 2. The molecule has 0 unspecified atom stereocenters. The van der Waals surface area contributed by atoms with E-state index in [0.717, 1.165) is 18.2 Å². The summed E-state index contributed by atoms with van der Waals surface area (Å²) in [5.41, 5.74) is -0.577. The van der Waals surface area contributed by atoms with Gasteiger partial charge in [0.05, 0.1) is 21.3 Å². The lowest BCUT2D eigenvalue weighted by Crippen LogP contribution is -2.29. The van der Waals surface area contributed by atoms with E-state index in [1.165, 1.54) is 24.3 Å². The lowest BCUT2D eigenvalue weighted by atomic mass is 10.2. The van der Waals surface area contributed by atoms with Gasteiger partial charge in [-0.05, 0) is 18.2 Å². The maximum atomic E-state index is 13.4. The van der Waals surface area contributed by atoms with Crippen LogP contribution in [0, 0.1) is 15.9 Å². The van der Waals surface area contributed by atoms with Crippen molar-refractivity contribution in [2.45, 2.75) is 0 Å². The number of para-hydroxylation sites is 1. The van der Waals surface area contributed by atoms with E-state index in [-0.39, 0.29) is 22.1 Å². The summed E-state index contributed by atoms with van der Waals surface area (Å²) in [5.74, 6) is -2.99. The molecule has 0 aliphatic rings. The van der Waals surface area contributed by atoms with Crippen LogP contribution < -0.4 is 10.6 Å². The molecule has 0 saturated heterocycles. The first-order valence-corrected chi connectivity index (χ1v) is 6.57. The van der Waals surface area contributed by atoms with Gasteiger partial charge in [-0.25, -0.2) is 4.39 Å². The van der Waals surface area contributed by atoms with Gasteiger partial charge in [0.15, 0.2) is 0 Å². The van der Waals surface area contributed by atoms with Gasteiger partial charge in [-0.2, -0.15) is 0 Å². The Morgan fingerprint density at radius 3 is 2.26 bits per heavy atom. The lowest BCUT2D eigenvalue weighted by Gasteiger charge is -2.08. The fourth-order valence-electron chi connectivity index (χ4n) is 1.64. The number of hydrogen-bond donors (Lipinski definition) is 2. The molecule has 0 bridgehead atoms. The van der Waals surface area contributed by atoms with Crippen LogP contribution in [0.15, 0.2) is 42.5 Å². The molecule has 0 aromatic heterocycles. The summed E-state index contributed by atoms with van der Waals surface area (Å²) in [6.07, 6.45) is 0. The number of carbonyl (C=O) groups is 2. The van der Waals surface area contributed by atoms with E-state index in [2.05, 4.69) is 10.6 Å². The molecule has 2 N–H and O–H groups in total. The monoisotopic (exact) mass is 337 g/mol. The van der Waals surface area contributed by atoms with Crippen molar-refractivity contribution in [2.75, 3.05) is 10.6 Å². The van der Waals surface area contributed by atoms with E-state index >= 15 is 0 Å². The van der Waals surface area contributed by atoms with Crippen molar-refractivity contribution < 1.29 is 18.9 Å². The van der Waals surface area contributed by atoms with Crippen molar-refractivity contribution >= 4 is 40.5 Å². The van der Waals surface area contributed by atoms with Gasteiger partial charge < -0.3 is 10.6 Å². The molecular formula is C14H9ClFN3O4. The van der Waals surface area contributed by atoms with Crippen LogP contribution >= 0.6 is 11.6 Å². The molecule has 9 heteroatoms. The number of nitrogens with one attached hydrogen (secondary N) is 2. The first-order valence-electron chi connectivity index (χ1n) is 6.19. The zero-order chi connectivity index (χ0) is 17.0. The average Bonchev–Trinajstić information content (AvgIpc) is 2.51. The molecular weight excluding hydrogens is 329 g/mol. The third-order valence-corrected chi connectivity index (χ3v) is 3.07. The van der Waals surface area contributed by atoms with Crippen LogP contribution in [0.4, 0.5) is 21.5 Å². The molecule has 0 spiro atoms. The van der Waals surface area contributed by atoms with Crippen LogP contribution in [0.3, 0.4) is 0 Å². The van der Waals surface area contributed by atoms with Crippen molar-refractivity contribution in [1.29, 1.82) is 0 Å². The molecule has 0 fully saturated rings. The number of benzene rings is 2. The quantitative estimate of drug-likeness (QED) is 0.510. The van der Waals surface area contributed by atoms with Crippen LogP contribution in [-0.2, 0) is 9.59 Å². The summed E-state index contributed by atoms with van der Waals surface area (Å²) in [6, 6.07) is 8.67. The van der Waals surface area contributed by atoms with Gasteiger partial charge in [0.1, 0.15) is 5.82 Å². The normalized spacial score (nSPS) is 10.0. The minimum absolute atomic E-state index is 0.0163. The molecule has 0 heterocycles. The molecule has 0 radical (unpaired) electrons. The number of halogens is 2. The number of hydrogen-bond acceptors (Lipinski definition) is 4. The minimum atomic E-state index is -1.14. The van der Waals surface area contributed by atoms with Crippen LogP contribution in [0.5, 0.6) is 0 Å². The van der Waals surface area contributed by atoms with E-state index < -0.39 is 22.6 Å². The maximum Gasteiger partial charge on any atom is 0.314 e. The van der Waals surface area contributed by atoms with Gasteiger partial charge in [-0.3, -0.25) is 19.7 Å². The lowest BCUT2D eigenvalue weighted by molar-refractivity contribution is -0.384. The zero-order valence-electron chi connectivity index (χ0n) is 11.4. The molecule has 2 rings (SSSR count). The average molecular weight is 338 g/mol. The Morgan fingerprint density at radius 1 is 1.04 bits per heavy atom. The molecule has 0 atom stereocenters. The molecule has 0 aliphatic carbocycles. The van der Waals surface area contributed by atoms with Gasteiger partial charge in [-0.1, -0.05) is 23.7 Å². The Balaban J connectivity index is 2.13. The van der Waals surface area contributed by atoms with Gasteiger partial charge in [0, 0.05) is 12.1 Å². The standard InChI is InChI=1S/C14H9ClFN3O4/c15-9-6-5-8(19(22)23)7-12(9)18-14(21)13(20)17-11-4-2-1-3-10(11)16/h1-7H,(H,17,20)(H,18,21). The van der Waals surface area contributed by atoms with Gasteiger partial charge in [0.2, 0.25) is 0 Å². The molecule has 2 aromatic carbocycles. The van der Waals surface area contributed by atoms with Crippen molar-refractivity contribution in [3.05, 3.63) is 63.4 Å². The van der Waals surface area contributed by atoms with Crippen LogP contribution in [0.1, 0.15) is 0 Å². The van der Waals surface area contributed by atoms with E-state index in [1.54, 1.807) is 0 Å². The second-order valence-electron chi connectivity index (χ2n) is 4.31. The molecule has 2 amide bonds. The number of nitro benzene ring substituents is 1. The highest BCUT2D eigenvalue weighted by atomic mass is 35.5. The third kappa shape index (κ3) is 4.01. The Morgan fingerprint density at radius 2 is 1.65 bits per heavy atom. The predicted molar refractivity (Wildman–Crippen MR) is 81.8 cm³/mol. The smallest absolute Gasteiger partial charge is 0.314 e. The van der Waals surface area contributed by atoms with Gasteiger partial charge in [0.25, 0.3) is 5.69 Å². The first kappa shape index (κ1) is 16.4. The third-order valence-electron chi connectivity index (χ3n) is 2.74. The molecule has 0 saturated carbocycles. The molecule has 23 heavy (non-hydrogen) atoms. The minimum Gasteiger partial charge on any atom is -0.316 e. The van der Waals surface area contributed by atoms with E-state index in [1.807, 2.05) is 0 Å². The topological polar surface area (TPSA) is 101 Å². The highest BCUT2D eigenvalue weighted by Crippen LogP contribution is 2.26. The Hall–Kier alpha value is -3.00. The number of non-ortho nitro benzene ring substituents is 1. The van der Waals surface area contributed by atoms with E-state index in [0.29, 0.717) is 0 Å².